The van der Waals surface area contributed by atoms with E-state index >= 15 is 0 Å². The van der Waals surface area contributed by atoms with Crippen LogP contribution in [0.15, 0.2) is 59.4 Å². The SMILES string of the molecule is Brc1cccc2c1N[C@H](c1ccncc1)[C@H]1CC=C[C@@H]21. The molecule has 0 unspecified atom stereocenters. The summed E-state index contributed by atoms with van der Waals surface area (Å²) in [5.41, 5.74) is 3.96. The molecule has 0 radical (unpaired) electrons. The van der Waals surface area contributed by atoms with Crippen LogP contribution in [0.3, 0.4) is 0 Å². The summed E-state index contributed by atoms with van der Waals surface area (Å²) in [5, 5.41) is 3.74. The molecule has 1 N–H and O–H groups in total. The molecule has 0 amide bonds. The van der Waals surface area contributed by atoms with Crippen LogP contribution in [0.1, 0.15) is 29.5 Å². The minimum Gasteiger partial charge on any atom is -0.377 e. The number of nitrogens with zero attached hydrogens (tertiary/aromatic N) is 1. The number of pyridine rings is 1. The number of allylic oxidation sites excluding steroid dienone is 2. The lowest BCUT2D eigenvalue weighted by Gasteiger charge is -2.38. The number of para-hydroxylation sites is 1. The maximum atomic E-state index is 4.13. The Labute approximate surface area is 127 Å². The zero-order valence-corrected chi connectivity index (χ0v) is 12.5. The van der Waals surface area contributed by atoms with E-state index in [0.29, 0.717) is 17.9 Å². The van der Waals surface area contributed by atoms with Gasteiger partial charge in [0.2, 0.25) is 0 Å². The fraction of sp³-hybridized carbons (Fsp3) is 0.235. The summed E-state index contributed by atoms with van der Waals surface area (Å²) in [6, 6.07) is 11.1. The molecule has 100 valence electrons. The molecule has 20 heavy (non-hydrogen) atoms. The monoisotopic (exact) mass is 326 g/mol. The van der Waals surface area contributed by atoms with Gasteiger partial charge in [-0.1, -0.05) is 24.3 Å². The molecule has 1 aromatic carbocycles. The van der Waals surface area contributed by atoms with Crippen molar-refractivity contribution in [2.45, 2.75) is 18.4 Å². The Morgan fingerprint density at radius 3 is 2.85 bits per heavy atom. The van der Waals surface area contributed by atoms with E-state index in [-0.39, 0.29) is 0 Å². The molecule has 1 aliphatic heterocycles. The number of rotatable bonds is 1. The van der Waals surface area contributed by atoms with Crippen LogP contribution in [-0.2, 0) is 0 Å². The van der Waals surface area contributed by atoms with E-state index < -0.39 is 0 Å². The smallest absolute Gasteiger partial charge is 0.0555 e. The number of fused-ring (bicyclic) bond motifs is 3. The minimum atomic E-state index is 0.351. The van der Waals surface area contributed by atoms with Gasteiger partial charge in [-0.3, -0.25) is 4.98 Å². The van der Waals surface area contributed by atoms with Crippen molar-refractivity contribution in [1.29, 1.82) is 0 Å². The van der Waals surface area contributed by atoms with Crippen molar-refractivity contribution in [3.05, 3.63) is 70.5 Å². The van der Waals surface area contributed by atoms with Crippen LogP contribution in [0.4, 0.5) is 5.69 Å². The zero-order chi connectivity index (χ0) is 13.5. The summed E-state index contributed by atoms with van der Waals surface area (Å²) in [6.45, 7) is 0. The molecule has 4 rings (SSSR count). The molecule has 1 aromatic heterocycles. The molecule has 1 aliphatic carbocycles. The summed E-state index contributed by atoms with van der Waals surface area (Å²) in [6.07, 6.45) is 9.58. The largest absolute Gasteiger partial charge is 0.377 e. The summed E-state index contributed by atoms with van der Waals surface area (Å²) < 4.78 is 1.15. The van der Waals surface area contributed by atoms with E-state index in [1.165, 1.54) is 16.8 Å². The van der Waals surface area contributed by atoms with Crippen molar-refractivity contribution < 1.29 is 0 Å². The van der Waals surface area contributed by atoms with Crippen molar-refractivity contribution >= 4 is 21.6 Å². The Morgan fingerprint density at radius 2 is 2.00 bits per heavy atom. The Morgan fingerprint density at radius 1 is 1.15 bits per heavy atom. The molecule has 0 bridgehead atoms. The number of nitrogens with one attached hydrogen (secondary N) is 1. The molecular formula is C17H15BrN2. The second kappa shape index (κ2) is 4.74. The van der Waals surface area contributed by atoms with E-state index in [0.717, 1.165) is 10.9 Å². The van der Waals surface area contributed by atoms with Gasteiger partial charge in [0.25, 0.3) is 0 Å². The molecule has 0 spiro atoms. The first-order valence-corrected chi connectivity index (χ1v) is 7.75. The van der Waals surface area contributed by atoms with Crippen LogP contribution >= 0.6 is 15.9 Å². The van der Waals surface area contributed by atoms with Crippen molar-refractivity contribution in [1.82, 2.24) is 4.98 Å². The maximum Gasteiger partial charge on any atom is 0.0555 e. The standard InChI is InChI=1S/C17H15BrN2/c18-15-6-2-5-14-12-3-1-4-13(12)16(20-17(14)15)11-7-9-19-10-8-11/h1-3,5-10,12-13,16,20H,4H2/t12-,13+,16-/m1/s1. The van der Waals surface area contributed by atoms with E-state index in [2.05, 4.69) is 68.7 Å². The van der Waals surface area contributed by atoms with Gasteiger partial charge in [-0.15, -0.1) is 0 Å². The predicted molar refractivity (Wildman–Crippen MR) is 84.7 cm³/mol. The van der Waals surface area contributed by atoms with E-state index in [9.17, 15) is 0 Å². The Hall–Kier alpha value is -1.61. The van der Waals surface area contributed by atoms with Gasteiger partial charge in [-0.05, 0) is 57.6 Å². The Kier molecular flexibility index (Phi) is 2.88. The Bertz CT molecular complexity index is 666. The van der Waals surface area contributed by atoms with Gasteiger partial charge < -0.3 is 5.32 Å². The molecular weight excluding hydrogens is 312 g/mol. The van der Waals surface area contributed by atoms with Crippen LogP contribution in [-0.4, -0.2) is 4.98 Å². The second-order valence-electron chi connectivity index (χ2n) is 5.46. The highest BCUT2D eigenvalue weighted by atomic mass is 79.9. The van der Waals surface area contributed by atoms with Gasteiger partial charge in [-0.25, -0.2) is 0 Å². The highest BCUT2D eigenvalue weighted by molar-refractivity contribution is 9.10. The zero-order valence-electron chi connectivity index (χ0n) is 11.0. The van der Waals surface area contributed by atoms with Crippen molar-refractivity contribution in [2.75, 3.05) is 5.32 Å². The number of anilines is 1. The average molecular weight is 327 g/mol. The third-order valence-corrected chi connectivity index (χ3v) is 5.07. The van der Waals surface area contributed by atoms with Crippen LogP contribution in [0.25, 0.3) is 0 Å². The summed E-state index contributed by atoms with van der Waals surface area (Å²) >= 11 is 3.68. The number of hydrogen-bond donors (Lipinski definition) is 1. The van der Waals surface area contributed by atoms with Crippen molar-refractivity contribution in [2.24, 2.45) is 5.92 Å². The lowest BCUT2D eigenvalue weighted by atomic mass is 9.77. The number of benzene rings is 1. The maximum absolute atomic E-state index is 4.13. The molecule has 0 saturated heterocycles. The topological polar surface area (TPSA) is 24.9 Å². The van der Waals surface area contributed by atoms with E-state index in [1.807, 2.05) is 12.4 Å². The predicted octanol–water partition coefficient (Wildman–Crippen LogP) is 4.67. The molecule has 0 saturated carbocycles. The summed E-state index contributed by atoms with van der Waals surface area (Å²) in [7, 11) is 0. The van der Waals surface area contributed by atoms with Gasteiger partial charge in [-0.2, -0.15) is 0 Å². The first-order chi connectivity index (χ1) is 9.84. The highest BCUT2D eigenvalue weighted by Gasteiger charge is 2.38. The van der Waals surface area contributed by atoms with Crippen molar-refractivity contribution in [3.8, 4) is 0 Å². The normalized spacial score (nSPS) is 26.8. The Balaban J connectivity index is 1.83. The number of aromatic nitrogens is 1. The van der Waals surface area contributed by atoms with Gasteiger partial charge in [0, 0.05) is 22.8 Å². The molecule has 2 nitrogen and oxygen atoms in total. The van der Waals surface area contributed by atoms with Crippen LogP contribution in [0, 0.1) is 5.92 Å². The van der Waals surface area contributed by atoms with Crippen LogP contribution < -0.4 is 5.32 Å². The molecule has 2 aromatic rings. The second-order valence-corrected chi connectivity index (χ2v) is 6.31. The lowest BCUT2D eigenvalue weighted by molar-refractivity contribution is 0.425. The fourth-order valence-electron chi connectivity index (χ4n) is 3.48. The molecule has 0 fully saturated rings. The van der Waals surface area contributed by atoms with Crippen LogP contribution in [0.5, 0.6) is 0 Å². The molecule has 3 heteroatoms. The van der Waals surface area contributed by atoms with Gasteiger partial charge in [0.1, 0.15) is 0 Å². The lowest BCUT2D eigenvalue weighted by Crippen LogP contribution is -2.29. The summed E-state index contributed by atoms with van der Waals surface area (Å²) in [5.74, 6) is 1.11. The number of halogens is 1. The van der Waals surface area contributed by atoms with Crippen molar-refractivity contribution in [3.63, 3.8) is 0 Å². The van der Waals surface area contributed by atoms with E-state index in [1.54, 1.807) is 0 Å². The third kappa shape index (κ3) is 1.80. The molecule has 2 heterocycles. The van der Waals surface area contributed by atoms with Crippen LogP contribution in [0.2, 0.25) is 0 Å². The fourth-order valence-corrected chi connectivity index (χ4v) is 3.98. The summed E-state index contributed by atoms with van der Waals surface area (Å²) in [4.78, 5) is 4.13. The third-order valence-electron chi connectivity index (χ3n) is 4.41. The minimum absolute atomic E-state index is 0.351. The molecule has 2 aliphatic rings. The van der Waals surface area contributed by atoms with E-state index in [4.69, 9.17) is 0 Å². The first-order valence-electron chi connectivity index (χ1n) is 6.96. The average Bonchev–Trinajstić information content (AvgIpc) is 2.97. The molecule has 3 atom stereocenters. The van der Waals surface area contributed by atoms with Gasteiger partial charge >= 0.3 is 0 Å². The number of hydrogen-bond acceptors (Lipinski definition) is 2. The van der Waals surface area contributed by atoms with Gasteiger partial charge in [0.05, 0.1) is 11.7 Å². The first kappa shape index (κ1) is 12.2. The van der Waals surface area contributed by atoms with Gasteiger partial charge in [0.15, 0.2) is 0 Å². The highest BCUT2D eigenvalue weighted by Crippen LogP contribution is 2.51. The quantitative estimate of drug-likeness (QED) is 0.770.